The van der Waals surface area contributed by atoms with Crippen molar-refractivity contribution in [2.24, 2.45) is 0 Å². The van der Waals surface area contributed by atoms with E-state index in [4.69, 9.17) is 17.3 Å². The van der Waals surface area contributed by atoms with Gasteiger partial charge in [-0.25, -0.2) is 13.1 Å². The molecular weight excluding hydrogens is 302 g/mol. The van der Waals surface area contributed by atoms with E-state index in [9.17, 15) is 8.42 Å². The Balaban J connectivity index is 2.24. The third-order valence-electron chi connectivity index (χ3n) is 2.72. The zero-order chi connectivity index (χ0) is 14.8. The number of hydrogen-bond donors (Lipinski definition) is 2. The molecule has 0 fully saturated rings. The zero-order valence-electron chi connectivity index (χ0n) is 10.7. The first-order chi connectivity index (χ1) is 9.45. The summed E-state index contributed by atoms with van der Waals surface area (Å²) >= 11 is 5.90. The van der Waals surface area contributed by atoms with Gasteiger partial charge in [0.25, 0.3) is 0 Å². The number of benzene rings is 1. The van der Waals surface area contributed by atoms with Crippen LogP contribution in [-0.4, -0.2) is 23.2 Å². The first-order valence-corrected chi connectivity index (χ1v) is 7.72. The highest BCUT2D eigenvalue weighted by Gasteiger charge is 2.21. The molecule has 0 bridgehead atoms. The van der Waals surface area contributed by atoms with Gasteiger partial charge >= 0.3 is 0 Å². The average molecular weight is 316 g/mol. The lowest BCUT2D eigenvalue weighted by molar-refractivity contribution is 0.575. The molecule has 0 spiro atoms. The highest BCUT2D eigenvalue weighted by atomic mass is 35.5. The van der Waals surface area contributed by atoms with Crippen molar-refractivity contribution in [3.05, 3.63) is 35.4 Å². The summed E-state index contributed by atoms with van der Waals surface area (Å²) in [7, 11) is -3.81. The molecule has 108 valence electrons. The number of nitrogen functional groups attached to an aromatic ring is 1. The minimum absolute atomic E-state index is 0.0147. The summed E-state index contributed by atoms with van der Waals surface area (Å²) in [6.45, 7) is 2.58. The molecule has 1 aromatic heterocycles. The van der Waals surface area contributed by atoms with E-state index in [-0.39, 0.29) is 22.2 Å². The van der Waals surface area contributed by atoms with Crippen LogP contribution < -0.4 is 10.5 Å². The molecule has 0 aliphatic rings. The Kier molecular flexibility index (Phi) is 4.26. The van der Waals surface area contributed by atoms with E-state index >= 15 is 0 Å². The molecule has 3 N–H and O–H groups in total. The Bertz CT molecular complexity index is 693. The van der Waals surface area contributed by atoms with E-state index < -0.39 is 10.0 Å². The normalized spacial score (nSPS) is 11.7. The molecule has 0 amide bonds. The van der Waals surface area contributed by atoms with Crippen LogP contribution in [0.5, 0.6) is 0 Å². The maximum absolute atomic E-state index is 12.2. The predicted octanol–water partition coefficient (Wildman–Crippen LogP) is 1.01. The van der Waals surface area contributed by atoms with Gasteiger partial charge in [-0.05, 0) is 19.1 Å². The van der Waals surface area contributed by atoms with Crippen molar-refractivity contribution in [3.63, 3.8) is 0 Å². The van der Waals surface area contributed by atoms with E-state index in [2.05, 4.69) is 14.9 Å². The smallest absolute Gasteiger partial charge is 0.244 e. The van der Waals surface area contributed by atoms with Gasteiger partial charge in [0.05, 0.1) is 17.3 Å². The number of hydrogen-bond acceptors (Lipinski definition) is 5. The minimum atomic E-state index is -3.81. The van der Waals surface area contributed by atoms with Crippen LogP contribution in [-0.2, 0) is 23.1 Å². The monoisotopic (exact) mass is 315 g/mol. The fraction of sp³-hybridized carbons (Fsp3) is 0.273. The van der Waals surface area contributed by atoms with Gasteiger partial charge < -0.3 is 10.3 Å². The molecule has 2 rings (SSSR count). The number of sulfonamides is 1. The van der Waals surface area contributed by atoms with Crippen molar-refractivity contribution < 1.29 is 8.42 Å². The maximum atomic E-state index is 12.2. The minimum Gasteiger partial charge on any atom is -0.398 e. The van der Waals surface area contributed by atoms with Crippen LogP contribution in [0.3, 0.4) is 0 Å². The fourth-order valence-corrected chi connectivity index (χ4v) is 3.37. The summed E-state index contributed by atoms with van der Waals surface area (Å²) in [5, 5.41) is 7.66. The summed E-state index contributed by atoms with van der Waals surface area (Å²) in [5.41, 5.74) is 5.77. The van der Waals surface area contributed by atoms with Crippen molar-refractivity contribution >= 4 is 27.3 Å². The Morgan fingerprint density at radius 2 is 2.20 bits per heavy atom. The molecule has 9 heteroatoms. The largest absolute Gasteiger partial charge is 0.398 e. The number of anilines is 1. The lowest BCUT2D eigenvalue weighted by Gasteiger charge is -2.10. The Hall–Kier alpha value is -1.64. The van der Waals surface area contributed by atoms with Gasteiger partial charge in [-0.3, -0.25) is 0 Å². The van der Waals surface area contributed by atoms with Crippen LogP contribution in [0, 0.1) is 0 Å². The molecule has 0 aliphatic carbocycles. The Morgan fingerprint density at radius 1 is 1.45 bits per heavy atom. The number of aromatic nitrogens is 3. The van der Waals surface area contributed by atoms with Crippen LogP contribution in [0.15, 0.2) is 29.4 Å². The summed E-state index contributed by atoms with van der Waals surface area (Å²) < 4.78 is 28.6. The first-order valence-electron chi connectivity index (χ1n) is 5.86. The summed E-state index contributed by atoms with van der Waals surface area (Å²) in [5.74, 6) is 0.515. The van der Waals surface area contributed by atoms with E-state index in [0.717, 1.165) is 0 Å². The lowest BCUT2D eigenvalue weighted by atomic mass is 10.3. The molecular formula is C11H14ClN5O2S. The van der Waals surface area contributed by atoms with Crippen LogP contribution in [0.2, 0.25) is 5.02 Å². The van der Waals surface area contributed by atoms with E-state index in [1.54, 1.807) is 10.6 Å². The molecule has 7 nitrogen and oxygen atoms in total. The number of nitrogens with one attached hydrogen (secondary N) is 1. The second-order valence-corrected chi connectivity index (χ2v) is 6.13. The average Bonchev–Trinajstić information content (AvgIpc) is 2.83. The molecule has 0 unspecified atom stereocenters. The first kappa shape index (κ1) is 14.8. The Morgan fingerprint density at radius 3 is 2.85 bits per heavy atom. The summed E-state index contributed by atoms with van der Waals surface area (Å²) in [6, 6.07) is 4.54. The molecule has 0 saturated heterocycles. The highest BCUT2D eigenvalue weighted by molar-refractivity contribution is 7.89. The highest BCUT2D eigenvalue weighted by Crippen LogP contribution is 2.26. The second-order valence-electron chi connectivity index (χ2n) is 4.02. The number of halogens is 1. The SMILES string of the molecule is CCn1cnnc1CNS(=O)(=O)c1c(N)cccc1Cl. The molecule has 20 heavy (non-hydrogen) atoms. The van der Waals surface area contributed by atoms with Gasteiger partial charge in [-0.15, -0.1) is 10.2 Å². The molecule has 1 aromatic carbocycles. The molecule has 2 aromatic rings. The summed E-state index contributed by atoms with van der Waals surface area (Å²) in [6.07, 6.45) is 1.54. The van der Waals surface area contributed by atoms with Gasteiger partial charge in [-0.1, -0.05) is 17.7 Å². The van der Waals surface area contributed by atoms with E-state index in [0.29, 0.717) is 12.4 Å². The molecule has 0 radical (unpaired) electrons. The molecule has 1 heterocycles. The van der Waals surface area contributed by atoms with Crippen molar-refractivity contribution in [1.82, 2.24) is 19.5 Å². The number of rotatable bonds is 5. The Labute approximate surface area is 121 Å². The zero-order valence-corrected chi connectivity index (χ0v) is 12.3. The van der Waals surface area contributed by atoms with Gasteiger partial charge in [0.1, 0.15) is 17.0 Å². The third-order valence-corrected chi connectivity index (χ3v) is 4.67. The van der Waals surface area contributed by atoms with Gasteiger partial charge in [0.15, 0.2) is 0 Å². The van der Waals surface area contributed by atoms with Crippen molar-refractivity contribution in [3.8, 4) is 0 Å². The predicted molar refractivity (Wildman–Crippen MR) is 75.6 cm³/mol. The van der Waals surface area contributed by atoms with E-state index in [1.165, 1.54) is 18.5 Å². The summed E-state index contributed by atoms with van der Waals surface area (Å²) in [4.78, 5) is -0.121. The second kappa shape index (κ2) is 5.78. The van der Waals surface area contributed by atoms with Crippen LogP contribution >= 0.6 is 11.6 Å². The standard InChI is InChI=1S/C11H14ClN5O2S/c1-2-17-7-14-16-10(17)6-15-20(18,19)11-8(12)4-3-5-9(11)13/h3-5,7,15H,2,6,13H2,1H3. The fourth-order valence-electron chi connectivity index (χ4n) is 1.72. The quantitative estimate of drug-likeness (QED) is 0.802. The van der Waals surface area contributed by atoms with Crippen LogP contribution in [0.1, 0.15) is 12.7 Å². The number of nitrogens with two attached hydrogens (primary N) is 1. The third kappa shape index (κ3) is 2.92. The lowest BCUT2D eigenvalue weighted by Crippen LogP contribution is -2.26. The number of nitrogens with zero attached hydrogens (tertiary/aromatic N) is 3. The van der Waals surface area contributed by atoms with Gasteiger partial charge in [0, 0.05) is 6.54 Å². The molecule has 0 saturated carbocycles. The van der Waals surface area contributed by atoms with Gasteiger partial charge in [-0.2, -0.15) is 0 Å². The van der Waals surface area contributed by atoms with Gasteiger partial charge in [0.2, 0.25) is 10.0 Å². The molecule has 0 aliphatic heterocycles. The number of aryl methyl sites for hydroxylation is 1. The topological polar surface area (TPSA) is 103 Å². The van der Waals surface area contributed by atoms with Crippen molar-refractivity contribution in [1.29, 1.82) is 0 Å². The van der Waals surface area contributed by atoms with Crippen LogP contribution in [0.25, 0.3) is 0 Å². The van der Waals surface area contributed by atoms with Crippen molar-refractivity contribution in [2.75, 3.05) is 5.73 Å². The maximum Gasteiger partial charge on any atom is 0.244 e. The van der Waals surface area contributed by atoms with Crippen molar-refractivity contribution in [2.45, 2.75) is 24.9 Å². The molecule has 0 atom stereocenters. The van der Waals surface area contributed by atoms with Crippen LogP contribution in [0.4, 0.5) is 5.69 Å². The van der Waals surface area contributed by atoms with E-state index in [1.807, 2.05) is 6.92 Å².